The highest BCUT2D eigenvalue weighted by atomic mass is 35.5. The fraction of sp³-hybridized carbons (Fsp3) is 0.364. The number of alkyl halides is 2. The number of hydrogen-bond donors (Lipinski definition) is 1. The third-order valence-electron chi connectivity index (χ3n) is 8.20. The van der Waals surface area contributed by atoms with Gasteiger partial charge in [-0.15, -0.1) is 3.71 Å². The number of ether oxygens (including phenoxy) is 1. The second-order valence-corrected chi connectivity index (χ2v) is 20.1. The molecule has 2 aromatic heterocycles. The first-order chi connectivity index (χ1) is 24.9. The molecule has 1 atom stereocenters. The summed E-state index contributed by atoms with van der Waals surface area (Å²) >= 11 is 6.50. The Kier molecular flexibility index (Phi) is 11.1. The molecule has 0 aliphatic heterocycles. The minimum absolute atomic E-state index is 0.0390. The molecule has 0 bridgehead atoms. The van der Waals surface area contributed by atoms with Gasteiger partial charge in [0.15, 0.2) is 21.8 Å². The Hall–Kier alpha value is -4.45. The van der Waals surface area contributed by atoms with Gasteiger partial charge in [0.1, 0.15) is 28.6 Å². The summed E-state index contributed by atoms with van der Waals surface area (Å²) in [7, 11) is -13.0. The van der Waals surface area contributed by atoms with Crippen LogP contribution in [0, 0.1) is 23.5 Å². The van der Waals surface area contributed by atoms with E-state index in [1.165, 1.54) is 38.1 Å². The second-order valence-electron chi connectivity index (χ2n) is 13.0. The van der Waals surface area contributed by atoms with E-state index in [0.717, 1.165) is 12.1 Å². The molecule has 0 unspecified atom stereocenters. The molecular weight excluding hydrogens is 802 g/mol. The molecule has 0 saturated heterocycles. The van der Waals surface area contributed by atoms with Crippen LogP contribution < -0.4 is 9.44 Å². The lowest BCUT2D eigenvalue weighted by atomic mass is 9.95. The van der Waals surface area contributed by atoms with Gasteiger partial charge < -0.3 is 10.5 Å². The summed E-state index contributed by atoms with van der Waals surface area (Å²) in [5.41, 5.74) is 4.65. The first-order valence-corrected chi connectivity index (χ1v) is 21.4. The van der Waals surface area contributed by atoms with Crippen LogP contribution in [0.5, 0.6) is 0 Å². The van der Waals surface area contributed by atoms with Crippen molar-refractivity contribution in [1.82, 2.24) is 14.8 Å². The number of anilines is 1. The molecule has 21 heteroatoms. The van der Waals surface area contributed by atoms with E-state index in [-0.39, 0.29) is 47.7 Å². The molecule has 2 heterocycles. The van der Waals surface area contributed by atoms with Crippen LogP contribution in [0.4, 0.5) is 28.2 Å². The molecule has 13 nitrogen and oxygen atoms in total. The third kappa shape index (κ3) is 8.59. The molecule has 1 aliphatic rings. The average molecular weight is 834 g/mol. The first kappa shape index (κ1) is 40.7. The van der Waals surface area contributed by atoms with E-state index in [0.29, 0.717) is 36.1 Å². The molecule has 1 fully saturated rings. The van der Waals surface area contributed by atoms with Crippen LogP contribution in [0.25, 0.3) is 22.0 Å². The van der Waals surface area contributed by atoms with Crippen molar-refractivity contribution in [2.24, 2.45) is 5.73 Å². The van der Waals surface area contributed by atoms with E-state index in [9.17, 15) is 47.6 Å². The molecule has 1 amide bonds. The molecule has 1 saturated carbocycles. The number of aromatic nitrogens is 3. The zero-order chi connectivity index (χ0) is 40.1. The standard InChI is InChI=1S/C33H32ClF4N5O8S3/c1-33(2,54(49,50)22-6-7-22)12-11-21-5-8-23(29(40-21)26(51-32(39)44)15-18-13-19(35)16-20(36)14-18)24-9-10-25(34)28-30(24)42(17-27(37)38)41-31(28)43(52(3,45)46)53(4,47)48/h5,8-10,13-14,16,22,26-27H,6-7,15,17H2,1-4H3,(H2,39,44)/t26-/m0/s1. The number of carbonyl (C=O) groups is 1. The van der Waals surface area contributed by atoms with Gasteiger partial charge in [-0.05, 0) is 68.5 Å². The quantitative estimate of drug-likeness (QED) is 0.149. The topological polar surface area (TPSA) is 189 Å². The van der Waals surface area contributed by atoms with E-state index < -0.39 is 88.9 Å². The summed E-state index contributed by atoms with van der Waals surface area (Å²) in [5, 5.41) is 2.74. The summed E-state index contributed by atoms with van der Waals surface area (Å²) in [6.07, 6.45) is -4.43. The van der Waals surface area contributed by atoms with Crippen LogP contribution in [-0.2, 0) is 47.6 Å². The molecule has 290 valence electrons. The molecule has 5 rings (SSSR count). The number of fused-ring (bicyclic) bond motifs is 1. The first-order valence-electron chi connectivity index (χ1n) is 15.8. The molecule has 0 radical (unpaired) electrons. The van der Waals surface area contributed by atoms with Crippen LogP contribution in [0.1, 0.15) is 49.7 Å². The van der Waals surface area contributed by atoms with Gasteiger partial charge in [-0.3, -0.25) is 4.68 Å². The summed E-state index contributed by atoms with van der Waals surface area (Å²) in [4.78, 5) is 16.8. The Balaban J connectivity index is 1.85. The monoisotopic (exact) mass is 833 g/mol. The van der Waals surface area contributed by atoms with E-state index in [4.69, 9.17) is 22.1 Å². The van der Waals surface area contributed by atoms with E-state index in [1.54, 1.807) is 0 Å². The number of nitrogens with zero attached hydrogens (tertiary/aromatic N) is 4. The number of amides is 1. The molecule has 4 aromatic rings. The SMILES string of the molecule is CC(C)(C#Cc1ccc(-c2ccc(Cl)c3c(N(S(C)(=O)=O)S(C)(=O)=O)nn(CC(F)F)c23)c([C@H](Cc2cc(F)cc(F)c2)OC(N)=O)n1)S(=O)(=O)C1CC1. The predicted molar refractivity (Wildman–Crippen MR) is 193 cm³/mol. The molecular formula is C33H32ClF4N5O8S3. The van der Waals surface area contributed by atoms with Gasteiger partial charge in [0, 0.05) is 23.6 Å². The number of pyridine rings is 1. The predicted octanol–water partition coefficient (Wildman–Crippen LogP) is 5.11. The van der Waals surface area contributed by atoms with Gasteiger partial charge in [0.2, 0.25) is 20.0 Å². The lowest BCUT2D eigenvalue weighted by Gasteiger charge is -2.21. The second kappa shape index (κ2) is 14.7. The number of hydrogen-bond acceptors (Lipinski definition) is 10. The van der Waals surface area contributed by atoms with E-state index >= 15 is 0 Å². The van der Waals surface area contributed by atoms with Gasteiger partial charge >= 0.3 is 6.09 Å². The number of halogens is 5. The summed E-state index contributed by atoms with van der Waals surface area (Å²) in [6, 6.07) is 7.66. The molecule has 0 spiro atoms. The van der Waals surface area contributed by atoms with Gasteiger partial charge in [-0.1, -0.05) is 23.6 Å². The maximum Gasteiger partial charge on any atom is 0.405 e. The van der Waals surface area contributed by atoms with Crippen LogP contribution in [0.2, 0.25) is 5.02 Å². The van der Waals surface area contributed by atoms with Crippen molar-refractivity contribution < 1.29 is 52.3 Å². The number of nitrogens with two attached hydrogens (primary N) is 1. The van der Waals surface area contributed by atoms with Crippen LogP contribution >= 0.6 is 11.6 Å². The number of primary amides is 1. The highest BCUT2D eigenvalue weighted by molar-refractivity contribution is 8.09. The average Bonchev–Trinajstić information content (AvgIpc) is 3.82. The minimum atomic E-state index is -4.67. The fourth-order valence-corrected chi connectivity index (χ4v) is 10.7. The Bertz CT molecular complexity index is 2520. The van der Waals surface area contributed by atoms with Crippen LogP contribution in [0.15, 0.2) is 42.5 Å². The van der Waals surface area contributed by atoms with Crippen molar-refractivity contribution in [2.45, 2.75) is 62.2 Å². The van der Waals surface area contributed by atoms with E-state index in [1.807, 2.05) is 0 Å². The van der Waals surface area contributed by atoms with Gasteiger partial charge in [-0.2, -0.15) is 5.10 Å². The van der Waals surface area contributed by atoms with Crippen molar-refractivity contribution >= 4 is 64.3 Å². The highest BCUT2D eigenvalue weighted by Gasteiger charge is 2.45. The van der Waals surface area contributed by atoms with E-state index in [2.05, 4.69) is 21.9 Å². The zero-order valence-corrected chi connectivity index (χ0v) is 32.1. The number of sulfonamides is 2. The Morgan fingerprint density at radius 1 is 1.02 bits per heavy atom. The Morgan fingerprint density at radius 3 is 2.15 bits per heavy atom. The van der Waals surface area contributed by atoms with Crippen LogP contribution in [0.3, 0.4) is 0 Å². The normalized spacial score (nSPS) is 14.5. The van der Waals surface area contributed by atoms with Crippen molar-refractivity contribution in [2.75, 3.05) is 16.2 Å². The van der Waals surface area contributed by atoms with Crippen molar-refractivity contribution in [1.29, 1.82) is 0 Å². The van der Waals surface area contributed by atoms with Crippen molar-refractivity contribution in [3.05, 3.63) is 76.1 Å². The molecule has 54 heavy (non-hydrogen) atoms. The molecule has 1 aliphatic carbocycles. The summed E-state index contributed by atoms with van der Waals surface area (Å²) in [5.74, 6) is 2.66. The summed E-state index contributed by atoms with van der Waals surface area (Å²) in [6.45, 7) is 1.65. The fourth-order valence-electron chi connectivity index (χ4n) is 5.81. The van der Waals surface area contributed by atoms with Crippen molar-refractivity contribution in [3.63, 3.8) is 0 Å². The lowest BCUT2D eigenvalue weighted by Crippen LogP contribution is -2.35. The molecule has 2 aromatic carbocycles. The lowest BCUT2D eigenvalue weighted by molar-refractivity contribution is 0.104. The Labute approximate surface area is 313 Å². The van der Waals surface area contributed by atoms with Crippen molar-refractivity contribution in [3.8, 4) is 23.0 Å². The Morgan fingerprint density at radius 2 is 1.61 bits per heavy atom. The van der Waals surface area contributed by atoms with Crippen LogP contribution in [-0.4, -0.2) is 75.0 Å². The number of benzene rings is 2. The maximum absolute atomic E-state index is 14.3. The third-order valence-corrected chi connectivity index (χ3v) is 14.6. The highest BCUT2D eigenvalue weighted by Crippen LogP contribution is 2.43. The van der Waals surface area contributed by atoms with Gasteiger partial charge in [0.25, 0.3) is 6.43 Å². The number of carbonyl (C=O) groups excluding carboxylic acids is 1. The number of rotatable bonds is 12. The smallest absolute Gasteiger partial charge is 0.405 e. The summed E-state index contributed by atoms with van der Waals surface area (Å²) < 4.78 is 138. The maximum atomic E-state index is 14.3. The minimum Gasteiger partial charge on any atom is -0.439 e. The largest absolute Gasteiger partial charge is 0.439 e. The molecule has 2 N–H and O–H groups in total. The zero-order valence-electron chi connectivity index (χ0n) is 28.8. The number of sulfone groups is 1. The van der Waals surface area contributed by atoms with Gasteiger partial charge in [-0.25, -0.2) is 52.6 Å². The van der Waals surface area contributed by atoms with Gasteiger partial charge in [0.05, 0.1) is 39.4 Å².